The highest BCUT2D eigenvalue weighted by molar-refractivity contribution is 5.73. The van der Waals surface area contributed by atoms with Crippen LogP contribution in [0.4, 0.5) is 23.5 Å². The van der Waals surface area contributed by atoms with Gasteiger partial charge in [-0.05, 0) is 0 Å². The van der Waals surface area contributed by atoms with Gasteiger partial charge in [0.25, 0.3) is 0 Å². The Kier molecular flexibility index (Phi) is 8.11. The van der Waals surface area contributed by atoms with Crippen molar-refractivity contribution in [2.24, 2.45) is 0 Å². The van der Waals surface area contributed by atoms with Crippen molar-refractivity contribution in [1.29, 1.82) is 0 Å². The Labute approximate surface area is 220 Å². The third-order valence-corrected chi connectivity index (χ3v) is 6.09. The summed E-state index contributed by atoms with van der Waals surface area (Å²) in [5, 5.41) is 16.2. The van der Waals surface area contributed by atoms with Gasteiger partial charge in [0.2, 0.25) is 11.9 Å². The Morgan fingerprint density at radius 2 is 0.895 bits per heavy atom. The first-order valence-corrected chi connectivity index (χ1v) is 12.5. The van der Waals surface area contributed by atoms with E-state index in [0.29, 0.717) is 26.4 Å². The second-order valence-corrected chi connectivity index (χ2v) is 8.62. The van der Waals surface area contributed by atoms with Gasteiger partial charge in [0.05, 0.1) is 26.4 Å². The van der Waals surface area contributed by atoms with Crippen LogP contribution in [0.15, 0.2) is 60.7 Å². The third-order valence-electron chi connectivity index (χ3n) is 6.09. The molecular weight excluding hydrogens is 484 g/mol. The zero-order valence-electron chi connectivity index (χ0n) is 21.0. The first-order chi connectivity index (χ1) is 18.7. The Bertz CT molecular complexity index is 1210. The number of aromatic nitrogens is 6. The normalized spacial score (nSPS) is 15.5. The van der Waals surface area contributed by atoms with Gasteiger partial charge >= 0.3 is 0 Å². The maximum Gasteiger partial charge on any atom is 0.240 e. The molecule has 0 amide bonds. The van der Waals surface area contributed by atoms with Crippen LogP contribution in [-0.4, -0.2) is 83.0 Å². The number of morpholine rings is 2. The molecule has 0 saturated carbocycles. The molecule has 0 unspecified atom stereocenters. The standard InChI is InChI=1S/2C13H15N5O/c2*14-13-15-11(10-4-2-1-3-5-10)12(16-17-13)18-6-8-19-9-7-18/h2*1-5H,6-9H2,(H2,14,15,17). The number of ether oxygens (including phenoxy) is 2. The van der Waals surface area contributed by atoms with E-state index in [9.17, 15) is 0 Å². The van der Waals surface area contributed by atoms with E-state index in [-0.39, 0.29) is 11.9 Å². The number of nitrogens with two attached hydrogens (primary N) is 2. The molecule has 196 valence electrons. The number of nitrogen functional groups attached to an aromatic ring is 2. The van der Waals surface area contributed by atoms with Crippen molar-refractivity contribution >= 4 is 23.5 Å². The first-order valence-electron chi connectivity index (χ1n) is 12.5. The number of rotatable bonds is 4. The number of hydrogen-bond donors (Lipinski definition) is 2. The molecule has 2 fully saturated rings. The largest absolute Gasteiger partial charge is 0.378 e. The fourth-order valence-electron chi connectivity index (χ4n) is 4.22. The molecule has 0 bridgehead atoms. The Morgan fingerprint density at radius 3 is 1.26 bits per heavy atom. The molecule has 2 aromatic heterocycles. The smallest absolute Gasteiger partial charge is 0.240 e. The fourth-order valence-corrected chi connectivity index (χ4v) is 4.22. The zero-order chi connectivity index (χ0) is 26.2. The summed E-state index contributed by atoms with van der Waals surface area (Å²) >= 11 is 0. The maximum absolute atomic E-state index is 5.67. The van der Waals surface area contributed by atoms with Crippen molar-refractivity contribution < 1.29 is 9.47 Å². The van der Waals surface area contributed by atoms with Crippen LogP contribution in [0.25, 0.3) is 22.5 Å². The molecule has 2 saturated heterocycles. The molecule has 0 spiro atoms. The van der Waals surface area contributed by atoms with E-state index >= 15 is 0 Å². The van der Waals surface area contributed by atoms with Gasteiger partial charge < -0.3 is 30.7 Å². The van der Waals surface area contributed by atoms with Crippen molar-refractivity contribution in [2.75, 3.05) is 73.9 Å². The monoisotopic (exact) mass is 514 g/mol. The van der Waals surface area contributed by atoms with Gasteiger partial charge in [0.15, 0.2) is 11.6 Å². The number of anilines is 4. The predicted molar refractivity (Wildman–Crippen MR) is 145 cm³/mol. The van der Waals surface area contributed by atoms with E-state index in [1.807, 2.05) is 60.7 Å². The van der Waals surface area contributed by atoms with E-state index in [1.165, 1.54) is 0 Å². The second kappa shape index (κ2) is 12.2. The van der Waals surface area contributed by atoms with E-state index in [4.69, 9.17) is 20.9 Å². The van der Waals surface area contributed by atoms with Crippen LogP contribution >= 0.6 is 0 Å². The minimum atomic E-state index is 0.191. The van der Waals surface area contributed by atoms with E-state index in [0.717, 1.165) is 60.3 Å². The van der Waals surface area contributed by atoms with Crippen molar-refractivity contribution in [3.63, 3.8) is 0 Å². The second-order valence-electron chi connectivity index (χ2n) is 8.62. The van der Waals surface area contributed by atoms with Gasteiger partial charge in [-0.2, -0.15) is 0 Å². The van der Waals surface area contributed by atoms with Crippen molar-refractivity contribution in [1.82, 2.24) is 30.4 Å². The van der Waals surface area contributed by atoms with Gasteiger partial charge in [0.1, 0.15) is 11.4 Å². The lowest BCUT2D eigenvalue weighted by atomic mass is 10.1. The first kappa shape index (κ1) is 25.2. The summed E-state index contributed by atoms with van der Waals surface area (Å²) in [4.78, 5) is 12.9. The highest BCUT2D eigenvalue weighted by atomic mass is 16.5. The summed E-state index contributed by atoms with van der Waals surface area (Å²) in [5.41, 5.74) is 14.9. The summed E-state index contributed by atoms with van der Waals surface area (Å²) in [6.45, 7) is 5.95. The van der Waals surface area contributed by atoms with E-state index in [1.54, 1.807) is 0 Å². The molecule has 4 heterocycles. The van der Waals surface area contributed by atoms with Crippen LogP contribution in [0, 0.1) is 0 Å². The average Bonchev–Trinajstić information content (AvgIpc) is 2.99. The lowest BCUT2D eigenvalue weighted by Gasteiger charge is -2.28. The summed E-state index contributed by atoms with van der Waals surface area (Å²) < 4.78 is 10.7. The average molecular weight is 515 g/mol. The van der Waals surface area contributed by atoms with Gasteiger partial charge in [0, 0.05) is 37.3 Å². The van der Waals surface area contributed by atoms with Crippen LogP contribution in [0.3, 0.4) is 0 Å². The topological polar surface area (TPSA) is 154 Å². The Balaban J connectivity index is 0.000000155. The summed E-state index contributed by atoms with van der Waals surface area (Å²) in [5.74, 6) is 1.92. The molecule has 2 aliphatic rings. The van der Waals surface area contributed by atoms with Gasteiger partial charge in [-0.3, -0.25) is 0 Å². The molecule has 0 atom stereocenters. The number of benzene rings is 2. The van der Waals surface area contributed by atoms with Crippen LogP contribution < -0.4 is 21.3 Å². The van der Waals surface area contributed by atoms with Crippen molar-refractivity contribution in [3.8, 4) is 22.5 Å². The highest BCUT2D eigenvalue weighted by Gasteiger charge is 2.20. The number of hydrogen-bond acceptors (Lipinski definition) is 12. The lowest BCUT2D eigenvalue weighted by Crippen LogP contribution is -2.37. The number of nitrogens with zero attached hydrogens (tertiary/aromatic N) is 8. The van der Waals surface area contributed by atoms with Crippen molar-refractivity contribution in [2.45, 2.75) is 0 Å². The molecular formula is C26H30N10O2. The summed E-state index contributed by atoms with van der Waals surface area (Å²) in [6.07, 6.45) is 0. The van der Waals surface area contributed by atoms with Crippen LogP contribution in [0.1, 0.15) is 0 Å². The summed E-state index contributed by atoms with van der Waals surface area (Å²) in [6, 6.07) is 19.8. The lowest BCUT2D eigenvalue weighted by molar-refractivity contribution is 0.122. The fraction of sp³-hybridized carbons (Fsp3) is 0.308. The predicted octanol–water partition coefficient (Wildman–Crippen LogP) is 1.91. The molecule has 12 heteroatoms. The third kappa shape index (κ3) is 6.10. The minimum Gasteiger partial charge on any atom is -0.378 e. The molecule has 12 nitrogen and oxygen atoms in total. The maximum atomic E-state index is 5.67. The molecule has 4 N–H and O–H groups in total. The summed E-state index contributed by atoms with van der Waals surface area (Å²) in [7, 11) is 0. The molecule has 0 radical (unpaired) electrons. The van der Waals surface area contributed by atoms with Crippen LogP contribution in [0.5, 0.6) is 0 Å². The van der Waals surface area contributed by atoms with Crippen LogP contribution in [-0.2, 0) is 9.47 Å². The van der Waals surface area contributed by atoms with E-state index in [2.05, 4.69) is 40.2 Å². The Morgan fingerprint density at radius 1 is 0.526 bits per heavy atom. The molecule has 6 rings (SSSR count). The molecule has 2 aromatic carbocycles. The van der Waals surface area contributed by atoms with Gasteiger partial charge in [-0.1, -0.05) is 60.7 Å². The van der Waals surface area contributed by atoms with Gasteiger partial charge in [-0.25, -0.2) is 9.97 Å². The quantitative estimate of drug-likeness (QED) is 0.409. The zero-order valence-corrected chi connectivity index (χ0v) is 21.0. The van der Waals surface area contributed by atoms with Gasteiger partial charge in [-0.15, -0.1) is 20.4 Å². The minimum absolute atomic E-state index is 0.191. The van der Waals surface area contributed by atoms with Crippen molar-refractivity contribution in [3.05, 3.63) is 60.7 Å². The molecule has 4 aromatic rings. The molecule has 0 aliphatic carbocycles. The molecule has 38 heavy (non-hydrogen) atoms. The van der Waals surface area contributed by atoms with Crippen LogP contribution in [0.2, 0.25) is 0 Å². The SMILES string of the molecule is Nc1nnc(N2CCOCC2)c(-c2ccccc2)n1.Nc1nnc(N2CCOCC2)c(-c2ccccc2)n1. The highest BCUT2D eigenvalue weighted by Crippen LogP contribution is 2.28. The Hall–Kier alpha value is -4.42. The van der Waals surface area contributed by atoms with E-state index < -0.39 is 0 Å². The molecule has 2 aliphatic heterocycles.